The predicted molar refractivity (Wildman–Crippen MR) is 141 cm³/mol. The number of nitrogens with one attached hydrogen (secondary N) is 4. The number of hydrogen-bond acceptors (Lipinski definition) is 8. The van der Waals surface area contributed by atoms with Gasteiger partial charge in [0, 0.05) is 11.5 Å². The zero-order chi connectivity index (χ0) is 26.8. The molecule has 0 radical (unpaired) electrons. The molecule has 0 saturated carbocycles. The molecule has 0 spiro atoms. The van der Waals surface area contributed by atoms with E-state index in [1.54, 1.807) is 40.7 Å². The molecule has 2 aliphatic heterocycles. The second kappa shape index (κ2) is 14.3. The average molecular weight is 541 g/mol. The number of rotatable bonds is 2. The number of carbonyl (C=O) groups is 5. The summed E-state index contributed by atoms with van der Waals surface area (Å²) in [6.07, 6.45) is 4.51. The summed E-state index contributed by atoms with van der Waals surface area (Å²) < 4.78 is 5.65. The average Bonchev–Trinajstić information content (AvgIpc) is 2.81. The summed E-state index contributed by atoms with van der Waals surface area (Å²) in [5.41, 5.74) is -0.0445. The van der Waals surface area contributed by atoms with Crippen LogP contribution in [0.3, 0.4) is 0 Å². The van der Waals surface area contributed by atoms with Gasteiger partial charge in [0.2, 0.25) is 17.7 Å². The Morgan fingerprint density at radius 2 is 1.64 bits per heavy atom. The molecule has 0 aromatic heterocycles. The maximum Gasteiger partial charge on any atom is 0.329 e. The van der Waals surface area contributed by atoms with Crippen LogP contribution in [0.5, 0.6) is 0 Å². The van der Waals surface area contributed by atoms with E-state index in [0.29, 0.717) is 12.2 Å². The summed E-state index contributed by atoms with van der Waals surface area (Å²) in [5, 5.41) is 10.7. The van der Waals surface area contributed by atoms with Gasteiger partial charge in [0.1, 0.15) is 29.9 Å². The molecule has 0 aromatic carbocycles. The van der Waals surface area contributed by atoms with Crippen LogP contribution >= 0.6 is 21.6 Å². The molecule has 0 aromatic rings. The van der Waals surface area contributed by atoms with Crippen molar-refractivity contribution < 1.29 is 28.7 Å². The van der Waals surface area contributed by atoms with Gasteiger partial charge in [0.15, 0.2) is 0 Å². The molecule has 12 heteroatoms. The lowest BCUT2D eigenvalue weighted by Crippen LogP contribution is -2.57. The second-order valence-corrected chi connectivity index (χ2v) is 11.9. The zero-order valence-corrected chi connectivity index (χ0v) is 22.9. The smallest absolute Gasteiger partial charge is 0.329 e. The number of esters is 1. The van der Waals surface area contributed by atoms with Crippen molar-refractivity contribution >= 4 is 51.2 Å². The van der Waals surface area contributed by atoms with Gasteiger partial charge in [-0.05, 0) is 31.3 Å². The van der Waals surface area contributed by atoms with E-state index in [-0.39, 0.29) is 29.7 Å². The van der Waals surface area contributed by atoms with Crippen molar-refractivity contribution in [3.05, 3.63) is 23.9 Å². The topological polar surface area (TPSA) is 143 Å². The molecule has 2 aliphatic rings. The van der Waals surface area contributed by atoms with Gasteiger partial charge < -0.3 is 26.0 Å². The van der Waals surface area contributed by atoms with Crippen molar-refractivity contribution in [1.29, 1.82) is 0 Å². The summed E-state index contributed by atoms with van der Waals surface area (Å²) in [6, 6.07) is -2.86. The van der Waals surface area contributed by atoms with Crippen LogP contribution in [0.2, 0.25) is 0 Å². The molecule has 0 aliphatic carbocycles. The number of carbonyl (C=O) groups excluding carboxylic acids is 5. The van der Waals surface area contributed by atoms with Crippen molar-refractivity contribution in [3.8, 4) is 0 Å². The molecule has 4 unspecified atom stereocenters. The Kier molecular flexibility index (Phi) is 11.8. The highest BCUT2D eigenvalue weighted by atomic mass is 33.1. The number of allylic oxidation sites excluding steroid dienone is 2. The van der Waals surface area contributed by atoms with Gasteiger partial charge in [-0.3, -0.25) is 19.2 Å². The molecular weight excluding hydrogens is 504 g/mol. The van der Waals surface area contributed by atoms with E-state index < -0.39 is 53.8 Å². The zero-order valence-electron chi connectivity index (χ0n) is 21.3. The Hall–Kier alpha value is -2.47. The highest BCUT2D eigenvalue weighted by molar-refractivity contribution is 8.76. The summed E-state index contributed by atoms with van der Waals surface area (Å²) in [4.78, 5) is 65.2. The SMILES string of the molecule is C/C=C1/NC(=O)C2CSSCC/C=C/C(CC(=O)NC(C(C)C)C(=O)N2)OC(=O)C(C(C)C)NC1=O. The molecule has 4 amide bonds. The van der Waals surface area contributed by atoms with Crippen molar-refractivity contribution in [2.24, 2.45) is 11.8 Å². The monoisotopic (exact) mass is 540 g/mol. The lowest BCUT2D eigenvalue weighted by Gasteiger charge is -2.27. The first-order valence-electron chi connectivity index (χ1n) is 12.0. The van der Waals surface area contributed by atoms with Gasteiger partial charge in [0.05, 0.1) is 6.42 Å². The van der Waals surface area contributed by atoms with Gasteiger partial charge in [-0.2, -0.15) is 0 Å². The second-order valence-electron chi connectivity index (χ2n) is 9.24. The standard InChI is InChI=1S/C24H36N4O6S2/c1-6-16-21(30)28-20(14(4)5)24(33)34-15-9-7-8-10-35-36-12-17(22(31)25-16)26-23(32)19(13(2)3)27-18(29)11-15/h6-7,9,13-15,17,19-20H,8,10-12H2,1-5H3,(H,25,31)(H,26,32)(H,27,29)(H,28,30)/b9-7+,16-6+. The quantitative estimate of drug-likeness (QED) is 0.178. The highest BCUT2D eigenvalue weighted by Gasteiger charge is 2.33. The molecule has 4 N–H and O–H groups in total. The fraction of sp³-hybridized carbons (Fsp3) is 0.625. The number of ether oxygens (including phenoxy) is 1. The lowest BCUT2D eigenvalue weighted by molar-refractivity contribution is -0.153. The molecule has 2 bridgehead atoms. The first-order valence-corrected chi connectivity index (χ1v) is 14.5. The minimum absolute atomic E-state index is 0.0445. The fourth-order valence-corrected chi connectivity index (χ4v) is 5.66. The van der Waals surface area contributed by atoms with E-state index >= 15 is 0 Å². The van der Waals surface area contributed by atoms with Crippen LogP contribution < -0.4 is 21.3 Å². The van der Waals surface area contributed by atoms with E-state index in [1.165, 1.54) is 27.7 Å². The minimum Gasteiger partial charge on any atom is -0.456 e. The Morgan fingerprint density at radius 3 is 2.28 bits per heavy atom. The first-order chi connectivity index (χ1) is 17.0. The highest BCUT2D eigenvalue weighted by Crippen LogP contribution is 2.24. The Balaban J connectivity index is 2.55. The van der Waals surface area contributed by atoms with Gasteiger partial charge in [-0.15, -0.1) is 0 Å². The van der Waals surface area contributed by atoms with E-state index in [4.69, 9.17) is 4.74 Å². The molecule has 2 rings (SSSR count). The van der Waals surface area contributed by atoms with Crippen molar-refractivity contribution in [2.75, 3.05) is 11.5 Å². The van der Waals surface area contributed by atoms with E-state index in [2.05, 4.69) is 21.3 Å². The van der Waals surface area contributed by atoms with Crippen LogP contribution in [0.4, 0.5) is 0 Å². The maximum absolute atomic E-state index is 13.2. The first kappa shape index (κ1) is 29.8. The van der Waals surface area contributed by atoms with E-state index in [0.717, 1.165) is 0 Å². The third-order valence-corrected chi connectivity index (χ3v) is 8.03. The third-order valence-electron chi connectivity index (χ3n) is 5.59. The minimum atomic E-state index is -1.00. The van der Waals surface area contributed by atoms with Crippen molar-refractivity contribution in [2.45, 2.75) is 71.7 Å². The van der Waals surface area contributed by atoms with Crippen LogP contribution in [-0.4, -0.2) is 65.3 Å². The molecule has 1 fully saturated rings. The summed E-state index contributed by atoms with van der Waals surface area (Å²) >= 11 is 0. The maximum atomic E-state index is 13.2. The molecule has 200 valence electrons. The van der Waals surface area contributed by atoms with E-state index in [9.17, 15) is 24.0 Å². The third kappa shape index (κ3) is 8.88. The number of hydrogen-bond donors (Lipinski definition) is 4. The van der Waals surface area contributed by atoms with Crippen LogP contribution in [0.1, 0.15) is 47.5 Å². The van der Waals surface area contributed by atoms with Gasteiger partial charge in [0.25, 0.3) is 5.91 Å². The summed E-state index contributed by atoms with van der Waals surface area (Å²) in [6.45, 7) is 8.66. The normalized spacial score (nSPS) is 29.6. The van der Waals surface area contributed by atoms with Crippen LogP contribution in [0.25, 0.3) is 0 Å². The van der Waals surface area contributed by atoms with Crippen LogP contribution in [0, 0.1) is 11.8 Å². The summed E-state index contributed by atoms with van der Waals surface area (Å²) in [7, 11) is 2.95. The van der Waals surface area contributed by atoms with Gasteiger partial charge in [-0.1, -0.05) is 61.4 Å². The molecule has 4 atom stereocenters. The molecule has 10 nitrogen and oxygen atoms in total. The van der Waals surface area contributed by atoms with Crippen LogP contribution in [0.15, 0.2) is 23.9 Å². The Bertz CT molecular complexity index is 905. The Morgan fingerprint density at radius 1 is 0.944 bits per heavy atom. The van der Waals surface area contributed by atoms with E-state index in [1.807, 2.05) is 6.08 Å². The molecule has 36 heavy (non-hydrogen) atoms. The molecule has 2 heterocycles. The van der Waals surface area contributed by atoms with Crippen molar-refractivity contribution in [3.63, 3.8) is 0 Å². The fourth-order valence-electron chi connectivity index (χ4n) is 3.50. The largest absolute Gasteiger partial charge is 0.456 e. The molecule has 1 saturated heterocycles. The van der Waals surface area contributed by atoms with Crippen molar-refractivity contribution in [1.82, 2.24) is 21.3 Å². The Labute approximate surface area is 220 Å². The number of amides is 4. The predicted octanol–water partition coefficient (Wildman–Crippen LogP) is 1.43. The lowest BCUT2D eigenvalue weighted by atomic mass is 10.0. The van der Waals surface area contributed by atoms with Crippen LogP contribution in [-0.2, 0) is 28.7 Å². The van der Waals surface area contributed by atoms with Gasteiger partial charge >= 0.3 is 5.97 Å². The molecular formula is C24H36N4O6S2. The van der Waals surface area contributed by atoms with Gasteiger partial charge in [-0.25, -0.2) is 4.79 Å². The summed E-state index contributed by atoms with van der Waals surface area (Å²) in [5.74, 6) is -2.54. The number of fused-ring (bicyclic) bond motifs is 7.